The number of fused-ring (bicyclic) bond motifs is 1. The second-order valence-corrected chi connectivity index (χ2v) is 6.94. The highest BCUT2D eigenvalue weighted by atomic mass is 35.5. The molecule has 4 rings (SSSR count). The van der Waals surface area contributed by atoms with E-state index in [-0.39, 0.29) is 36.6 Å². The van der Waals surface area contributed by atoms with Gasteiger partial charge in [-0.2, -0.15) is 0 Å². The van der Waals surface area contributed by atoms with Crippen molar-refractivity contribution in [1.82, 2.24) is 14.6 Å². The highest BCUT2D eigenvalue weighted by Gasteiger charge is 2.31. The molecule has 1 aliphatic carbocycles. The van der Waals surface area contributed by atoms with Gasteiger partial charge in [0.05, 0.1) is 0 Å². The minimum atomic E-state index is 0. The van der Waals surface area contributed by atoms with E-state index in [0.29, 0.717) is 18.9 Å². The fraction of sp³-hybridized carbons (Fsp3) is 0.350. The number of nitrogens with zero attached hydrogens (tertiary/aromatic N) is 3. The second kappa shape index (κ2) is 9.87. The number of pyridine rings is 1. The summed E-state index contributed by atoms with van der Waals surface area (Å²) < 4.78 is 1.99. The van der Waals surface area contributed by atoms with Gasteiger partial charge in [-0.05, 0) is 55.1 Å². The zero-order valence-electron chi connectivity index (χ0n) is 15.5. The first-order valence-corrected chi connectivity index (χ1v) is 9.13. The average molecular weight is 422 g/mol. The van der Waals surface area contributed by atoms with Crippen LogP contribution in [0.2, 0.25) is 0 Å². The molecule has 1 aromatic carbocycles. The summed E-state index contributed by atoms with van der Waals surface area (Å²) in [5.74, 6) is 1.35. The third-order valence-corrected chi connectivity index (χ3v) is 5.27. The summed E-state index contributed by atoms with van der Waals surface area (Å²) in [5, 5.41) is 11.5. The van der Waals surface area contributed by atoms with Crippen LogP contribution in [-0.2, 0) is 11.2 Å². The van der Waals surface area contributed by atoms with Crippen LogP contribution in [-0.4, -0.2) is 27.0 Å². The maximum atomic E-state index is 12.5. The molecular weight excluding hydrogens is 397 g/mol. The lowest BCUT2D eigenvalue weighted by Crippen LogP contribution is -2.29. The van der Waals surface area contributed by atoms with Crippen molar-refractivity contribution in [2.45, 2.75) is 25.7 Å². The van der Waals surface area contributed by atoms with Crippen molar-refractivity contribution in [1.29, 1.82) is 0 Å². The van der Waals surface area contributed by atoms with Crippen LogP contribution < -0.4 is 11.1 Å². The number of benzene rings is 1. The van der Waals surface area contributed by atoms with Crippen molar-refractivity contribution in [3.05, 3.63) is 60.0 Å². The topological polar surface area (TPSA) is 85.3 Å². The Morgan fingerprint density at radius 2 is 1.89 bits per heavy atom. The summed E-state index contributed by atoms with van der Waals surface area (Å²) in [4.78, 5) is 12.5. The summed E-state index contributed by atoms with van der Waals surface area (Å²) >= 11 is 0. The van der Waals surface area contributed by atoms with Crippen LogP contribution in [0.4, 0.5) is 5.69 Å². The van der Waals surface area contributed by atoms with Gasteiger partial charge in [0.2, 0.25) is 5.91 Å². The summed E-state index contributed by atoms with van der Waals surface area (Å²) in [6, 6.07) is 13.8. The Kier molecular flexibility index (Phi) is 7.80. The maximum absolute atomic E-state index is 12.5. The van der Waals surface area contributed by atoms with Crippen LogP contribution in [0.1, 0.15) is 30.7 Å². The number of hydrogen-bond acceptors (Lipinski definition) is 4. The summed E-state index contributed by atoms with van der Waals surface area (Å²) in [7, 11) is 0. The summed E-state index contributed by atoms with van der Waals surface area (Å²) in [5.41, 5.74) is 8.58. The largest absolute Gasteiger partial charge is 0.330 e. The first-order chi connectivity index (χ1) is 12.7. The molecule has 3 N–H and O–H groups in total. The van der Waals surface area contributed by atoms with Crippen molar-refractivity contribution in [2.75, 3.05) is 11.9 Å². The summed E-state index contributed by atoms with van der Waals surface area (Å²) in [6.07, 6.45) is 5.74. The summed E-state index contributed by atoms with van der Waals surface area (Å²) in [6.45, 7) is 0.587. The minimum absolute atomic E-state index is 0. The molecular formula is C20H25Cl2N5O. The Morgan fingerprint density at radius 1 is 1.11 bits per heavy atom. The number of carbonyl (C=O) groups is 1. The van der Waals surface area contributed by atoms with Gasteiger partial charge in [-0.1, -0.05) is 24.6 Å². The van der Waals surface area contributed by atoms with Crippen molar-refractivity contribution >= 4 is 42.1 Å². The molecule has 8 heteroatoms. The molecule has 0 unspecified atom stereocenters. The molecule has 1 amide bonds. The van der Waals surface area contributed by atoms with Crippen LogP contribution in [0.5, 0.6) is 0 Å². The molecule has 0 spiro atoms. The Morgan fingerprint density at radius 3 is 2.64 bits per heavy atom. The number of halogens is 2. The van der Waals surface area contributed by atoms with E-state index in [2.05, 4.69) is 15.5 Å². The molecule has 3 aromatic rings. The molecule has 28 heavy (non-hydrogen) atoms. The van der Waals surface area contributed by atoms with E-state index in [1.165, 1.54) is 0 Å². The van der Waals surface area contributed by atoms with E-state index in [9.17, 15) is 4.79 Å². The highest BCUT2D eigenvalue weighted by molar-refractivity contribution is 5.92. The minimum Gasteiger partial charge on any atom is -0.330 e. The molecule has 0 saturated heterocycles. The number of rotatable bonds is 5. The normalized spacial score (nSPS) is 18.3. The van der Waals surface area contributed by atoms with E-state index in [4.69, 9.17) is 5.73 Å². The second-order valence-electron chi connectivity index (χ2n) is 6.94. The first kappa shape index (κ1) is 22.1. The van der Waals surface area contributed by atoms with Crippen LogP contribution in [0.3, 0.4) is 0 Å². The third-order valence-electron chi connectivity index (χ3n) is 5.27. The Labute approximate surface area is 176 Å². The van der Waals surface area contributed by atoms with E-state index in [0.717, 1.165) is 42.0 Å². The van der Waals surface area contributed by atoms with Crippen LogP contribution >= 0.6 is 24.8 Å². The fourth-order valence-electron chi connectivity index (χ4n) is 3.80. The zero-order valence-corrected chi connectivity index (χ0v) is 17.1. The standard InChI is InChI=1S/C20H23N5O.2ClH/c21-13-15-4-3-5-17(15)20(26)22-16-9-7-14(8-10-16)12-19-24-23-18-6-1-2-11-25(18)19;;/h1-2,6-11,15,17H,3-5,12-13,21H2,(H,22,26);2*1H/t15-,17-;;/m1../s1. The molecule has 0 aliphatic heterocycles. The lowest BCUT2D eigenvalue weighted by atomic mass is 9.95. The molecule has 2 aromatic heterocycles. The van der Waals surface area contributed by atoms with Gasteiger partial charge in [0.1, 0.15) is 5.82 Å². The van der Waals surface area contributed by atoms with Crippen molar-refractivity contribution in [3.63, 3.8) is 0 Å². The van der Waals surface area contributed by atoms with Gasteiger partial charge in [0.15, 0.2) is 5.65 Å². The number of aromatic nitrogens is 3. The van der Waals surface area contributed by atoms with Crippen LogP contribution in [0, 0.1) is 11.8 Å². The zero-order chi connectivity index (χ0) is 17.9. The molecule has 1 aliphatic rings. The third kappa shape index (κ3) is 4.63. The van der Waals surface area contributed by atoms with Crippen molar-refractivity contribution in [3.8, 4) is 0 Å². The number of amides is 1. The molecule has 0 bridgehead atoms. The lowest BCUT2D eigenvalue weighted by Gasteiger charge is -2.17. The Bertz CT molecular complexity index is 912. The van der Waals surface area contributed by atoms with Gasteiger partial charge >= 0.3 is 0 Å². The monoisotopic (exact) mass is 421 g/mol. The highest BCUT2D eigenvalue weighted by Crippen LogP contribution is 2.31. The number of nitrogens with two attached hydrogens (primary N) is 1. The van der Waals surface area contributed by atoms with E-state index in [1.807, 2.05) is 53.1 Å². The lowest BCUT2D eigenvalue weighted by molar-refractivity contribution is -0.120. The molecule has 2 atom stereocenters. The van der Waals surface area contributed by atoms with E-state index >= 15 is 0 Å². The molecule has 6 nitrogen and oxygen atoms in total. The molecule has 2 heterocycles. The van der Waals surface area contributed by atoms with Gasteiger partial charge in [-0.15, -0.1) is 35.0 Å². The van der Waals surface area contributed by atoms with Crippen LogP contribution in [0.25, 0.3) is 5.65 Å². The number of hydrogen-bond donors (Lipinski definition) is 2. The molecule has 150 valence electrons. The number of carbonyl (C=O) groups excluding carboxylic acids is 1. The van der Waals surface area contributed by atoms with Crippen molar-refractivity contribution in [2.24, 2.45) is 17.6 Å². The van der Waals surface area contributed by atoms with E-state index < -0.39 is 0 Å². The smallest absolute Gasteiger partial charge is 0.227 e. The first-order valence-electron chi connectivity index (χ1n) is 9.13. The predicted octanol–water partition coefficient (Wildman–Crippen LogP) is 3.48. The van der Waals surface area contributed by atoms with Gasteiger partial charge in [-0.25, -0.2) is 0 Å². The number of nitrogens with one attached hydrogen (secondary N) is 1. The van der Waals surface area contributed by atoms with Gasteiger partial charge in [0.25, 0.3) is 0 Å². The Balaban J connectivity index is 0.00000140. The fourth-order valence-corrected chi connectivity index (χ4v) is 3.80. The average Bonchev–Trinajstić information content (AvgIpc) is 3.30. The quantitative estimate of drug-likeness (QED) is 0.659. The molecule has 1 saturated carbocycles. The Hall–Kier alpha value is -2.15. The SMILES string of the molecule is Cl.Cl.NC[C@H]1CCC[C@H]1C(=O)Nc1ccc(Cc2nnc3ccccn23)cc1. The van der Waals surface area contributed by atoms with E-state index in [1.54, 1.807) is 0 Å². The van der Waals surface area contributed by atoms with Crippen molar-refractivity contribution < 1.29 is 4.79 Å². The van der Waals surface area contributed by atoms with Crippen LogP contribution in [0.15, 0.2) is 48.7 Å². The van der Waals surface area contributed by atoms with Gasteiger partial charge < -0.3 is 11.1 Å². The maximum Gasteiger partial charge on any atom is 0.227 e. The molecule has 1 fully saturated rings. The van der Waals surface area contributed by atoms with Gasteiger partial charge in [-0.3, -0.25) is 9.20 Å². The number of anilines is 1. The predicted molar refractivity (Wildman–Crippen MR) is 115 cm³/mol. The molecule has 0 radical (unpaired) electrons. The van der Waals surface area contributed by atoms with Gasteiger partial charge in [0, 0.05) is 24.2 Å².